The lowest BCUT2D eigenvalue weighted by Gasteiger charge is -2.09. The van der Waals surface area contributed by atoms with Gasteiger partial charge in [-0.05, 0) is 12.8 Å². The number of nitrogen functional groups attached to an aromatic ring is 1. The first kappa shape index (κ1) is 19.1. The van der Waals surface area contributed by atoms with Crippen molar-refractivity contribution >= 4 is 11.8 Å². The van der Waals surface area contributed by atoms with Gasteiger partial charge >= 0.3 is 6.03 Å². The fraction of sp³-hybridized carbons (Fsp3) is 0.750. The fourth-order valence-corrected chi connectivity index (χ4v) is 2.47. The van der Waals surface area contributed by atoms with E-state index in [0.29, 0.717) is 5.82 Å². The van der Waals surface area contributed by atoms with Gasteiger partial charge in [-0.25, -0.2) is 9.78 Å². The van der Waals surface area contributed by atoms with Crippen LogP contribution in [0.2, 0.25) is 0 Å². The zero-order chi connectivity index (χ0) is 16.9. The summed E-state index contributed by atoms with van der Waals surface area (Å²) in [7, 11) is 0. The van der Waals surface area contributed by atoms with E-state index in [1.54, 1.807) is 4.90 Å². The lowest BCUT2D eigenvalue weighted by Crippen LogP contribution is -2.32. The van der Waals surface area contributed by atoms with E-state index < -0.39 is 0 Å². The Labute approximate surface area is 138 Å². The molecule has 0 radical (unpaired) electrons. The van der Waals surface area contributed by atoms with Crippen LogP contribution in [0.4, 0.5) is 10.6 Å². The number of carbonyl (C=O) groups is 1. The molecule has 0 atom stereocenters. The molecule has 1 aromatic rings. The Balaban J connectivity index is 0.000000176. The minimum absolute atomic E-state index is 0.275. The molecule has 23 heavy (non-hydrogen) atoms. The third-order valence-corrected chi connectivity index (χ3v) is 3.86. The monoisotopic (exact) mass is 322 g/mol. The molecule has 1 saturated carbocycles. The Kier molecular flexibility index (Phi) is 9.66. The molecule has 130 valence electrons. The molecular weight excluding hydrogens is 292 g/mol. The van der Waals surface area contributed by atoms with Crippen LogP contribution >= 0.6 is 0 Å². The minimum Gasteiger partial charge on any atom is -0.381 e. The highest BCUT2D eigenvalue weighted by Gasteiger charge is 2.13. The van der Waals surface area contributed by atoms with E-state index in [1.165, 1.54) is 44.7 Å². The predicted octanol–water partition coefficient (Wildman–Crippen LogP) is 2.52. The maximum Gasteiger partial charge on any atom is 0.314 e. The van der Waals surface area contributed by atoms with Crippen LogP contribution in [-0.2, 0) is 6.42 Å². The number of rotatable bonds is 1. The summed E-state index contributed by atoms with van der Waals surface area (Å²) in [6.07, 6.45) is 13.5. The van der Waals surface area contributed by atoms with Crippen LogP contribution in [0.25, 0.3) is 0 Å². The summed E-state index contributed by atoms with van der Waals surface area (Å²) in [5, 5.41) is 7.33. The van der Waals surface area contributed by atoms with Crippen LogP contribution in [-0.4, -0.2) is 39.2 Å². The maximum absolute atomic E-state index is 10.3. The van der Waals surface area contributed by atoms with Gasteiger partial charge in [0.1, 0.15) is 0 Å². The summed E-state index contributed by atoms with van der Waals surface area (Å²) in [5.41, 5.74) is 10.2. The van der Waals surface area contributed by atoms with E-state index in [4.69, 9.17) is 11.5 Å². The lowest BCUT2D eigenvalue weighted by atomic mass is 10.0. The van der Waals surface area contributed by atoms with E-state index in [-0.39, 0.29) is 6.03 Å². The van der Waals surface area contributed by atoms with Crippen molar-refractivity contribution in [3.8, 4) is 0 Å². The number of nitrogens with two attached hydrogens (primary N) is 2. The second kappa shape index (κ2) is 11.6. The molecule has 7 nitrogen and oxygen atoms in total. The van der Waals surface area contributed by atoms with Crippen LogP contribution in [0.1, 0.15) is 64.1 Å². The normalized spacial score (nSPS) is 16.7. The van der Waals surface area contributed by atoms with Crippen molar-refractivity contribution in [3.63, 3.8) is 0 Å². The Morgan fingerprint density at radius 3 is 1.87 bits per heavy atom. The number of urea groups is 1. The van der Waals surface area contributed by atoms with Gasteiger partial charge in [-0.1, -0.05) is 45.4 Å². The van der Waals surface area contributed by atoms with Gasteiger partial charge in [0.15, 0.2) is 11.6 Å². The highest BCUT2D eigenvalue weighted by atomic mass is 16.2. The number of amides is 2. The number of likely N-dealkylation sites (tertiary alicyclic amines) is 1. The van der Waals surface area contributed by atoms with E-state index >= 15 is 0 Å². The molecule has 4 N–H and O–H groups in total. The van der Waals surface area contributed by atoms with Gasteiger partial charge in [0.25, 0.3) is 0 Å². The van der Waals surface area contributed by atoms with Crippen molar-refractivity contribution < 1.29 is 4.79 Å². The zero-order valence-electron chi connectivity index (χ0n) is 14.2. The predicted molar refractivity (Wildman–Crippen MR) is 91.7 cm³/mol. The Morgan fingerprint density at radius 2 is 1.57 bits per heavy atom. The number of hydrogen-bond acceptors (Lipinski definition) is 5. The molecule has 1 aliphatic heterocycles. The Hall–Kier alpha value is -1.92. The number of carbonyl (C=O) groups excluding carboxylic acids is 1. The largest absolute Gasteiger partial charge is 0.381 e. The summed E-state index contributed by atoms with van der Waals surface area (Å²) >= 11 is 0. The van der Waals surface area contributed by atoms with Crippen molar-refractivity contribution in [2.75, 3.05) is 18.8 Å². The van der Waals surface area contributed by atoms with Gasteiger partial charge in [-0.15, -0.1) is 10.2 Å². The van der Waals surface area contributed by atoms with Gasteiger partial charge < -0.3 is 16.4 Å². The van der Waals surface area contributed by atoms with Crippen LogP contribution < -0.4 is 11.5 Å². The van der Waals surface area contributed by atoms with Gasteiger partial charge in [0.2, 0.25) is 0 Å². The summed E-state index contributed by atoms with van der Waals surface area (Å²) in [6, 6.07) is -0.275. The van der Waals surface area contributed by atoms with Crippen molar-refractivity contribution in [1.82, 2.24) is 20.1 Å². The molecule has 1 saturated heterocycles. The number of anilines is 1. The average molecular weight is 322 g/mol. The van der Waals surface area contributed by atoms with Crippen LogP contribution in [0.3, 0.4) is 0 Å². The van der Waals surface area contributed by atoms with Gasteiger partial charge in [0, 0.05) is 19.5 Å². The molecule has 2 heterocycles. The number of primary amides is 1. The molecular formula is C16H30N6O. The molecule has 0 unspecified atom stereocenters. The summed E-state index contributed by atoms with van der Waals surface area (Å²) in [6.45, 7) is 3.68. The average Bonchev–Trinajstić information content (AvgIpc) is 3.13. The van der Waals surface area contributed by atoms with Crippen LogP contribution in [0.5, 0.6) is 0 Å². The molecule has 0 aromatic carbocycles. The zero-order valence-corrected chi connectivity index (χ0v) is 14.2. The second-order valence-corrected chi connectivity index (χ2v) is 5.81. The SMILES string of the molecule is C1CCCCC1.CCc1ncc(N)nn1.NC(=O)N1CCCC1. The molecule has 2 amide bonds. The van der Waals surface area contributed by atoms with E-state index in [0.717, 1.165) is 38.2 Å². The van der Waals surface area contributed by atoms with Crippen molar-refractivity contribution in [3.05, 3.63) is 12.0 Å². The van der Waals surface area contributed by atoms with Gasteiger partial charge in [0.05, 0.1) is 6.20 Å². The Morgan fingerprint density at radius 1 is 1.04 bits per heavy atom. The number of aromatic nitrogens is 3. The van der Waals surface area contributed by atoms with Crippen molar-refractivity contribution in [2.24, 2.45) is 5.73 Å². The topological polar surface area (TPSA) is 111 Å². The van der Waals surface area contributed by atoms with E-state index in [2.05, 4.69) is 15.2 Å². The quantitative estimate of drug-likeness (QED) is 0.825. The molecule has 7 heteroatoms. The maximum atomic E-state index is 10.3. The molecule has 1 aliphatic carbocycles. The van der Waals surface area contributed by atoms with Crippen molar-refractivity contribution in [1.29, 1.82) is 0 Å². The highest BCUT2D eigenvalue weighted by molar-refractivity contribution is 5.72. The van der Waals surface area contributed by atoms with Crippen LogP contribution in [0, 0.1) is 0 Å². The van der Waals surface area contributed by atoms with Crippen LogP contribution in [0.15, 0.2) is 6.20 Å². The van der Waals surface area contributed by atoms with E-state index in [1.807, 2.05) is 6.92 Å². The Bertz CT molecular complexity index is 415. The molecule has 2 aliphatic rings. The summed E-state index contributed by atoms with van der Waals surface area (Å²) in [4.78, 5) is 15.9. The smallest absolute Gasteiger partial charge is 0.314 e. The first-order chi connectivity index (χ1) is 11.1. The fourth-order valence-electron chi connectivity index (χ4n) is 2.47. The van der Waals surface area contributed by atoms with Crippen molar-refractivity contribution in [2.45, 2.75) is 64.7 Å². The molecule has 2 fully saturated rings. The number of aryl methyl sites for hydroxylation is 1. The first-order valence-electron chi connectivity index (χ1n) is 8.62. The molecule has 3 rings (SSSR count). The third-order valence-electron chi connectivity index (χ3n) is 3.86. The summed E-state index contributed by atoms with van der Waals surface area (Å²) in [5.74, 6) is 1.09. The van der Waals surface area contributed by atoms with Gasteiger partial charge in [-0.3, -0.25) is 0 Å². The molecule has 1 aromatic heterocycles. The summed E-state index contributed by atoms with van der Waals surface area (Å²) < 4.78 is 0. The van der Waals surface area contributed by atoms with Gasteiger partial charge in [-0.2, -0.15) is 0 Å². The number of hydrogen-bond donors (Lipinski definition) is 2. The first-order valence-corrected chi connectivity index (χ1v) is 8.62. The minimum atomic E-state index is -0.275. The molecule has 0 spiro atoms. The standard InChI is InChI=1S/C6H12.C5H8N4.C5H10N2O/c1-2-4-6-5-3-1;1-2-5-7-3-4(6)8-9-5;6-5(8)7-3-1-2-4-7/h1-6H2;3H,2H2,1H3,(H2,6,8);1-4H2,(H2,6,8). The van der Waals surface area contributed by atoms with E-state index in [9.17, 15) is 4.79 Å². The lowest BCUT2D eigenvalue weighted by molar-refractivity contribution is 0.218. The third kappa shape index (κ3) is 8.95. The molecule has 0 bridgehead atoms. The highest BCUT2D eigenvalue weighted by Crippen LogP contribution is 2.15. The second-order valence-electron chi connectivity index (χ2n) is 5.81. The number of nitrogens with zero attached hydrogens (tertiary/aromatic N) is 4.